The second-order valence-corrected chi connectivity index (χ2v) is 3.48. The summed E-state index contributed by atoms with van der Waals surface area (Å²) >= 11 is 5.50. The maximum atomic E-state index is 11.2. The van der Waals surface area contributed by atoms with E-state index in [0.29, 0.717) is 5.56 Å². The minimum atomic E-state index is -0.450. The van der Waals surface area contributed by atoms with E-state index in [1.165, 1.54) is 0 Å². The van der Waals surface area contributed by atoms with Gasteiger partial charge >= 0.3 is 0 Å². The summed E-state index contributed by atoms with van der Waals surface area (Å²) in [6.07, 6.45) is 0. The van der Waals surface area contributed by atoms with Crippen LogP contribution in [0.4, 0.5) is 0 Å². The molecule has 0 amide bonds. The number of ether oxygens (including phenoxy) is 1. The molecule has 0 saturated heterocycles. The molecule has 0 aromatic heterocycles. The number of hydrogen-bond donors (Lipinski definition) is 0. The SMILES string of the molecule is COc1ccc(C(=O)Cl)c2ccccc12. The Morgan fingerprint density at radius 1 is 1.13 bits per heavy atom. The Labute approximate surface area is 92.4 Å². The van der Waals surface area contributed by atoms with Gasteiger partial charge < -0.3 is 4.74 Å². The Morgan fingerprint density at radius 2 is 1.80 bits per heavy atom. The van der Waals surface area contributed by atoms with Crippen molar-refractivity contribution in [3.05, 3.63) is 42.0 Å². The third-order valence-electron chi connectivity index (χ3n) is 2.32. The van der Waals surface area contributed by atoms with E-state index in [1.54, 1.807) is 19.2 Å². The number of methoxy groups -OCH3 is 1. The quantitative estimate of drug-likeness (QED) is 0.727. The summed E-state index contributed by atoms with van der Waals surface area (Å²) in [5.41, 5.74) is 0.507. The maximum Gasteiger partial charge on any atom is 0.253 e. The molecule has 15 heavy (non-hydrogen) atoms. The van der Waals surface area contributed by atoms with E-state index in [9.17, 15) is 4.79 Å². The lowest BCUT2D eigenvalue weighted by molar-refractivity contribution is 0.108. The molecule has 2 aromatic rings. The van der Waals surface area contributed by atoms with E-state index in [1.807, 2.05) is 24.3 Å². The normalized spacial score (nSPS) is 10.3. The second kappa shape index (κ2) is 3.91. The number of rotatable bonds is 2. The van der Waals surface area contributed by atoms with Crippen LogP contribution in [-0.2, 0) is 0 Å². The van der Waals surface area contributed by atoms with Gasteiger partial charge in [0.1, 0.15) is 5.75 Å². The van der Waals surface area contributed by atoms with Crippen molar-refractivity contribution in [3.63, 3.8) is 0 Å². The van der Waals surface area contributed by atoms with Crippen molar-refractivity contribution < 1.29 is 9.53 Å². The molecular formula is C12H9ClO2. The highest BCUT2D eigenvalue weighted by Crippen LogP contribution is 2.28. The Morgan fingerprint density at radius 3 is 2.40 bits per heavy atom. The van der Waals surface area contributed by atoms with Crippen LogP contribution in [0.1, 0.15) is 10.4 Å². The minimum absolute atomic E-state index is 0.450. The highest BCUT2D eigenvalue weighted by molar-refractivity contribution is 6.68. The zero-order valence-electron chi connectivity index (χ0n) is 8.16. The topological polar surface area (TPSA) is 26.3 Å². The molecular weight excluding hydrogens is 212 g/mol. The zero-order chi connectivity index (χ0) is 10.8. The smallest absolute Gasteiger partial charge is 0.253 e. The minimum Gasteiger partial charge on any atom is -0.496 e. The molecule has 2 aromatic carbocycles. The Kier molecular flexibility index (Phi) is 2.60. The third-order valence-corrected chi connectivity index (χ3v) is 2.52. The van der Waals surface area contributed by atoms with Crippen LogP contribution in [0.15, 0.2) is 36.4 Å². The fraction of sp³-hybridized carbons (Fsp3) is 0.0833. The Hall–Kier alpha value is -1.54. The Bertz CT molecular complexity index is 520. The summed E-state index contributed by atoms with van der Waals surface area (Å²) in [5.74, 6) is 0.743. The van der Waals surface area contributed by atoms with Crippen LogP contribution in [0.3, 0.4) is 0 Å². The number of halogens is 1. The maximum absolute atomic E-state index is 11.2. The average Bonchev–Trinajstić information content (AvgIpc) is 2.27. The molecule has 0 unspecified atom stereocenters. The van der Waals surface area contributed by atoms with Crippen molar-refractivity contribution in [2.75, 3.05) is 7.11 Å². The van der Waals surface area contributed by atoms with Crippen LogP contribution >= 0.6 is 11.6 Å². The summed E-state index contributed by atoms with van der Waals surface area (Å²) in [5, 5.41) is 1.26. The molecule has 2 nitrogen and oxygen atoms in total. The van der Waals surface area contributed by atoms with E-state index in [-0.39, 0.29) is 0 Å². The lowest BCUT2D eigenvalue weighted by atomic mass is 10.0. The highest BCUT2D eigenvalue weighted by Gasteiger charge is 2.09. The number of fused-ring (bicyclic) bond motifs is 1. The van der Waals surface area contributed by atoms with Crippen molar-refractivity contribution >= 4 is 27.6 Å². The van der Waals surface area contributed by atoms with Crippen LogP contribution in [0.2, 0.25) is 0 Å². The van der Waals surface area contributed by atoms with Crippen molar-refractivity contribution in [2.45, 2.75) is 0 Å². The molecule has 0 aliphatic heterocycles. The van der Waals surface area contributed by atoms with Crippen molar-refractivity contribution in [1.29, 1.82) is 0 Å². The van der Waals surface area contributed by atoms with Gasteiger partial charge in [0, 0.05) is 10.9 Å². The molecule has 3 heteroatoms. The molecule has 2 rings (SSSR count). The third kappa shape index (κ3) is 1.68. The van der Waals surface area contributed by atoms with Crippen LogP contribution < -0.4 is 4.74 Å². The highest BCUT2D eigenvalue weighted by atomic mass is 35.5. The van der Waals surface area contributed by atoms with Crippen LogP contribution in [0.25, 0.3) is 10.8 Å². The van der Waals surface area contributed by atoms with Gasteiger partial charge in [-0.05, 0) is 29.1 Å². The lowest BCUT2D eigenvalue weighted by Crippen LogP contribution is -1.93. The standard InChI is InChI=1S/C12H9ClO2/c1-15-11-7-6-10(12(13)14)8-4-2-3-5-9(8)11/h2-7H,1H3. The first-order valence-corrected chi connectivity index (χ1v) is 4.87. The van der Waals surface area contributed by atoms with Crippen LogP contribution in [-0.4, -0.2) is 12.4 Å². The van der Waals surface area contributed by atoms with E-state index in [0.717, 1.165) is 16.5 Å². The first kappa shape index (κ1) is 9.99. The van der Waals surface area contributed by atoms with Gasteiger partial charge in [0.15, 0.2) is 0 Å². The molecule has 76 valence electrons. The molecule has 0 spiro atoms. The molecule has 0 bridgehead atoms. The van der Waals surface area contributed by atoms with Gasteiger partial charge in [-0.15, -0.1) is 0 Å². The number of hydrogen-bond acceptors (Lipinski definition) is 2. The molecule has 0 radical (unpaired) electrons. The zero-order valence-corrected chi connectivity index (χ0v) is 8.91. The Balaban J connectivity index is 2.83. The molecule has 0 N–H and O–H groups in total. The van der Waals surface area contributed by atoms with Crippen molar-refractivity contribution in [2.24, 2.45) is 0 Å². The second-order valence-electron chi connectivity index (χ2n) is 3.13. The van der Waals surface area contributed by atoms with Crippen molar-refractivity contribution in [1.82, 2.24) is 0 Å². The summed E-state index contributed by atoms with van der Waals surface area (Å²) in [6, 6.07) is 10.9. The predicted octanol–water partition coefficient (Wildman–Crippen LogP) is 3.23. The number of carbonyl (C=O) groups excluding carboxylic acids is 1. The number of benzene rings is 2. The van der Waals surface area contributed by atoms with E-state index < -0.39 is 5.24 Å². The van der Waals surface area contributed by atoms with Gasteiger partial charge in [0.05, 0.1) is 7.11 Å². The molecule has 0 saturated carbocycles. The molecule has 0 atom stereocenters. The lowest BCUT2D eigenvalue weighted by Gasteiger charge is -2.07. The largest absolute Gasteiger partial charge is 0.496 e. The number of carbonyl (C=O) groups is 1. The summed E-state index contributed by atoms with van der Waals surface area (Å²) in [6.45, 7) is 0. The van der Waals surface area contributed by atoms with Gasteiger partial charge in [-0.25, -0.2) is 0 Å². The first-order chi connectivity index (χ1) is 7.24. The first-order valence-electron chi connectivity index (χ1n) is 4.49. The van der Waals surface area contributed by atoms with E-state index in [2.05, 4.69) is 0 Å². The van der Waals surface area contributed by atoms with Gasteiger partial charge in [0.25, 0.3) is 5.24 Å². The van der Waals surface area contributed by atoms with Gasteiger partial charge in [-0.1, -0.05) is 24.3 Å². The molecule has 0 heterocycles. The van der Waals surface area contributed by atoms with E-state index >= 15 is 0 Å². The van der Waals surface area contributed by atoms with Crippen LogP contribution in [0.5, 0.6) is 5.75 Å². The monoisotopic (exact) mass is 220 g/mol. The average molecular weight is 221 g/mol. The fourth-order valence-corrected chi connectivity index (χ4v) is 1.79. The molecule has 0 fully saturated rings. The molecule has 0 aliphatic rings. The summed E-state index contributed by atoms with van der Waals surface area (Å²) in [7, 11) is 1.60. The predicted molar refractivity (Wildman–Crippen MR) is 60.7 cm³/mol. The summed E-state index contributed by atoms with van der Waals surface area (Å²) in [4.78, 5) is 11.2. The van der Waals surface area contributed by atoms with Gasteiger partial charge in [-0.3, -0.25) is 4.79 Å². The van der Waals surface area contributed by atoms with Gasteiger partial charge in [0.2, 0.25) is 0 Å². The van der Waals surface area contributed by atoms with Gasteiger partial charge in [-0.2, -0.15) is 0 Å². The summed E-state index contributed by atoms with van der Waals surface area (Å²) < 4.78 is 5.21. The van der Waals surface area contributed by atoms with E-state index in [4.69, 9.17) is 16.3 Å². The fourth-order valence-electron chi connectivity index (χ4n) is 1.62. The van der Waals surface area contributed by atoms with Crippen molar-refractivity contribution in [3.8, 4) is 5.75 Å². The molecule has 0 aliphatic carbocycles. The van der Waals surface area contributed by atoms with Crippen LogP contribution in [0, 0.1) is 0 Å².